The summed E-state index contributed by atoms with van der Waals surface area (Å²) >= 11 is 0. The summed E-state index contributed by atoms with van der Waals surface area (Å²) in [5.41, 5.74) is 10.5. The second-order valence-corrected chi connectivity index (χ2v) is 5.60. The van der Waals surface area contributed by atoms with Crippen LogP contribution in [0.3, 0.4) is 0 Å². The van der Waals surface area contributed by atoms with E-state index in [1.807, 2.05) is 50.2 Å². The molecule has 0 aliphatic heterocycles. The van der Waals surface area contributed by atoms with Crippen LogP contribution in [0.15, 0.2) is 42.5 Å². The second-order valence-electron chi connectivity index (χ2n) is 5.60. The van der Waals surface area contributed by atoms with Crippen molar-refractivity contribution in [1.82, 2.24) is 4.98 Å². The van der Waals surface area contributed by atoms with Gasteiger partial charge in [-0.2, -0.15) is 0 Å². The number of aromatic nitrogens is 1. The molecule has 0 aliphatic rings. The first-order valence-corrected chi connectivity index (χ1v) is 7.36. The van der Waals surface area contributed by atoms with Crippen LogP contribution in [0, 0.1) is 13.8 Å². The fourth-order valence-corrected chi connectivity index (χ4v) is 2.88. The van der Waals surface area contributed by atoms with E-state index in [1.165, 1.54) is 0 Å². The zero-order valence-electron chi connectivity index (χ0n) is 13.4. The van der Waals surface area contributed by atoms with E-state index in [2.05, 4.69) is 0 Å². The Hall–Kier alpha value is -2.88. The van der Waals surface area contributed by atoms with Crippen molar-refractivity contribution in [3.63, 3.8) is 0 Å². The number of aryl methyl sites for hydroxylation is 2. The Bertz CT molecular complexity index is 917. The molecule has 0 spiro atoms. The first-order valence-electron chi connectivity index (χ1n) is 7.36. The molecule has 2 N–H and O–H groups in total. The molecule has 0 radical (unpaired) electrons. The van der Waals surface area contributed by atoms with Gasteiger partial charge in [0, 0.05) is 10.9 Å². The Balaban J connectivity index is 2.38. The third-order valence-electron chi connectivity index (χ3n) is 3.90. The van der Waals surface area contributed by atoms with Gasteiger partial charge in [-0.05, 0) is 43.7 Å². The number of ether oxygens (including phenoxy) is 1. The number of para-hydroxylation sites is 1. The lowest BCUT2D eigenvalue weighted by molar-refractivity contribution is 0.100. The van der Waals surface area contributed by atoms with Crippen molar-refractivity contribution < 1.29 is 9.53 Å². The zero-order valence-corrected chi connectivity index (χ0v) is 13.4. The maximum atomic E-state index is 11.9. The van der Waals surface area contributed by atoms with E-state index in [0.717, 1.165) is 27.6 Å². The van der Waals surface area contributed by atoms with Crippen LogP contribution < -0.4 is 10.5 Å². The van der Waals surface area contributed by atoms with E-state index in [1.54, 1.807) is 13.2 Å². The van der Waals surface area contributed by atoms with Crippen LogP contribution in [-0.2, 0) is 0 Å². The number of primary amides is 1. The molecular formula is C19H18N2O2. The Morgan fingerprint density at radius 3 is 2.57 bits per heavy atom. The number of hydrogen-bond acceptors (Lipinski definition) is 3. The van der Waals surface area contributed by atoms with Gasteiger partial charge in [0.05, 0.1) is 23.9 Å². The smallest absolute Gasteiger partial charge is 0.249 e. The van der Waals surface area contributed by atoms with Gasteiger partial charge in [-0.1, -0.05) is 23.8 Å². The van der Waals surface area contributed by atoms with Gasteiger partial charge >= 0.3 is 0 Å². The first-order chi connectivity index (χ1) is 11.0. The molecule has 0 saturated heterocycles. The predicted octanol–water partition coefficient (Wildman–Crippen LogP) is 3.63. The molecule has 4 nitrogen and oxygen atoms in total. The third-order valence-corrected chi connectivity index (χ3v) is 3.90. The normalized spacial score (nSPS) is 10.7. The quantitative estimate of drug-likeness (QED) is 0.803. The minimum Gasteiger partial charge on any atom is -0.496 e. The molecule has 4 heteroatoms. The number of pyridine rings is 1. The van der Waals surface area contributed by atoms with Gasteiger partial charge in [0.2, 0.25) is 5.91 Å². The lowest BCUT2D eigenvalue weighted by Gasteiger charge is -2.12. The van der Waals surface area contributed by atoms with Crippen LogP contribution in [0.4, 0.5) is 0 Å². The van der Waals surface area contributed by atoms with E-state index in [4.69, 9.17) is 15.5 Å². The van der Waals surface area contributed by atoms with Crippen LogP contribution in [0.5, 0.6) is 5.75 Å². The monoisotopic (exact) mass is 306 g/mol. The number of nitrogens with zero attached hydrogens (tertiary/aromatic N) is 1. The van der Waals surface area contributed by atoms with Crippen LogP contribution in [-0.4, -0.2) is 18.0 Å². The molecular weight excluding hydrogens is 288 g/mol. The number of rotatable bonds is 3. The number of fused-ring (bicyclic) bond motifs is 1. The van der Waals surface area contributed by atoms with Crippen LogP contribution >= 0.6 is 0 Å². The fourth-order valence-electron chi connectivity index (χ4n) is 2.88. The molecule has 0 fully saturated rings. The number of amides is 1. The molecule has 3 rings (SSSR count). The summed E-state index contributed by atoms with van der Waals surface area (Å²) < 4.78 is 5.41. The van der Waals surface area contributed by atoms with E-state index in [9.17, 15) is 4.79 Å². The molecule has 0 aliphatic carbocycles. The highest BCUT2D eigenvalue weighted by Crippen LogP contribution is 2.32. The standard InChI is InChI=1S/C19H18N2O2/c1-11-8-12(2)18-14(9-11)15(19(20)22)10-16(21-18)13-6-4-5-7-17(13)23-3/h4-10H,1-3H3,(H2,20,22). The largest absolute Gasteiger partial charge is 0.496 e. The SMILES string of the molecule is COc1ccccc1-c1cc(C(N)=O)c2cc(C)cc(C)c2n1. The molecule has 0 unspecified atom stereocenters. The summed E-state index contributed by atoms with van der Waals surface area (Å²) in [7, 11) is 1.61. The summed E-state index contributed by atoms with van der Waals surface area (Å²) in [6.07, 6.45) is 0. The van der Waals surface area contributed by atoms with Crippen molar-refractivity contribution in [2.45, 2.75) is 13.8 Å². The van der Waals surface area contributed by atoms with Crippen molar-refractivity contribution in [3.05, 3.63) is 59.2 Å². The summed E-state index contributed by atoms with van der Waals surface area (Å²) in [4.78, 5) is 16.7. The number of benzene rings is 2. The topological polar surface area (TPSA) is 65.2 Å². The minimum absolute atomic E-state index is 0.460. The van der Waals surface area contributed by atoms with Gasteiger partial charge in [-0.15, -0.1) is 0 Å². The molecule has 0 atom stereocenters. The van der Waals surface area contributed by atoms with Crippen molar-refractivity contribution in [2.24, 2.45) is 5.73 Å². The van der Waals surface area contributed by atoms with Crippen LogP contribution in [0.2, 0.25) is 0 Å². The van der Waals surface area contributed by atoms with Crippen molar-refractivity contribution in [2.75, 3.05) is 7.11 Å². The predicted molar refractivity (Wildman–Crippen MR) is 91.7 cm³/mol. The molecule has 1 amide bonds. The van der Waals surface area contributed by atoms with Crippen molar-refractivity contribution in [1.29, 1.82) is 0 Å². The highest BCUT2D eigenvalue weighted by Gasteiger charge is 2.15. The minimum atomic E-state index is -0.460. The lowest BCUT2D eigenvalue weighted by Crippen LogP contribution is -2.12. The molecule has 0 saturated carbocycles. The Labute approximate surface area is 134 Å². The number of methoxy groups -OCH3 is 1. The van der Waals surface area contributed by atoms with Gasteiger partial charge < -0.3 is 10.5 Å². The molecule has 3 aromatic rings. The van der Waals surface area contributed by atoms with E-state index < -0.39 is 5.91 Å². The molecule has 2 aromatic carbocycles. The highest BCUT2D eigenvalue weighted by molar-refractivity contribution is 6.07. The first kappa shape index (κ1) is 15.0. The lowest BCUT2D eigenvalue weighted by atomic mass is 9.99. The van der Waals surface area contributed by atoms with Gasteiger partial charge in [0.1, 0.15) is 5.75 Å². The highest BCUT2D eigenvalue weighted by atomic mass is 16.5. The van der Waals surface area contributed by atoms with Gasteiger partial charge in [-0.25, -0.2) is 4.98 Å². The summed E-state index contributed by atoms with van der Waals surface area (Å²) in [5, 5.41) is 0.786. The number of nitrogens with two attached hydrogens (primary N) is 1. The maximum absolute atomic E-state index is 11.9. The van der Waals surface area contributed by atoms with E-state index in [-0.39, 0.29) is 0 Å². The summed E-state index contributed by atoms with van der Waals surface area (Å²) in [6.45, 7) is 3.98. The Morgan fingerprint density at radius 1 is 1.13 bits per heavy atom. The summed E-state index contributed by atoms with van der Waals surface area (Å²) in [5.74, 6) is 0.248. The average molecular weight is 306 g/mol. The van der Waals surface area contributed by atoms with Crippen molar-refractivity contribution >= 4 is 16.8 Å². The van der Waals surface area contributed by atoms with Gasteiger partial charge in [0.15, 0.2) is 0 Å². The fraction of sp³-hybridized carbons (Fsp3) is 0.158. The molecule has 1 heterocycles. The molecule has 0 bridgehead atoms. The number of carbonyl (C=O) groups is 1. The number of carbonyl (C=O) groups excluding carboxylic acids is 1. The zero-order chi connectivity index (χ0) is 16.6. The molecule has 116 valence electrons. The van der Waals surface area contributed by atoms with E-state index in [0.29, 0.717) is 17.0 Å². The van der Waals surface area contributed by atoms with Crippen LogP contribution in [0.1, 0.15) is 21.5 Å². The van der Waals surface area contributed by atoms with Crippen molar-refractivity contribution in [3.8, 4) is 17.0 Å². The molecule has 1 aromatic heterocycles. The number of hydrogen-bond donors (Lipinski definition) is 1. The summed E-state index contributed by atoms with van der Waals surface area (Å²) in [6, 6.07) is 13.3. The second kappa shape index (κ2) is 5.72. The van der Waals surface area contributed by atoms with E-state index >= 15 is 0 Å². The Morgan fingerprint density at radius 2 is 1.87 bits per heavy atom. The molecule has 23 heavy (non-hydrogen) atoms. The average Bonchev–Trinajstić information content (AvgIpc) is 2.53. The maximum Gasteiger partial charge on any atom is 0.249 e. The van der Waals surface area contributed by atoms with Gasteiger partial charge in [-0.3, -0.25) is 4.79 Å². The third kappa shape index (κ3) is 2.63. The Kier molecular flexibility index (Phi) is 3.74. The van der Waals surface area contributed by atoms with Gasteiger partial charge in [0.25, 0.3) is 0 Å². The van der Waals surface area contributed by atoms with Crippen LogP contribution in [0.25, 0.3) is 22.2 Å².